The van der Waals surface area contributed by atoms with E-state index in [0.29, 0.717) is 31.3 Å². The Hall–Kier alpha value is -3.22. The lowest BCUT2D eigenvalue weighted by molar-refractivity contribution is -0.136. The Morgan fingerprint density at radius 3 is 2.71 bits per heavy atom. The summed E-state index contributed by atoms with van der Waals surface area (Å²) in [4.78, 5) is 34.3. The van der Waals surface area contributed by atoms with E-state index >= 15 is 0 Å². The Labute approximate surface area is 206 Å². The molecule has 7 nitrogen and oxygen atoms in total. The molecule has 35 heavy (non-hydrogen) atoms. The number of benzene rings is 1. The van der Waals surface area contributed by atoms with Crippen molar-refractivity contribution < 1.29 is 14.1 Å². The fourth-order valence-corrected chi connectivity index (χ4v) is 5.34. The molecule has 2 saturated heterocycles. The van der Waals surface area contributed by atoms with Crippen LogP contribution in [0.15, 0.2) is 40.4 Å². The molecule has 1 aromatic heterocycles. The summed E-state index contributed by atoms with van der Waals surface area (Å²) in [5.41, 5.74) is 5.70. The fourth-order valence-electron chi connectivity index (χ4n) is 5.34. The molecule has 1 aromatic carbocycles. The Kier molecular flexibility index (Phi) is 6.58. The predicted molar refractivity (Wildman–Crippen MR) is 135 cm³/mol. The van der Waals surface area contributed by atoms with Gasteiger partial charge in [-0.2, -0.15) is 4.98 Å². The third-order valence-corrected chi connectivity index (χ3v) is 7.75. The largest absolute Gasteiger partial charge is 0.342 e. The molecule has 3 heterocycles. The van der Waals surface area contributed by atoms with E-state index in [0.717, 1.165) is 48.9 Å². The van der Waals surface area contributed by atoms with Gasteiger partial charge in [0, 0.05) is 43.2 Å². The molecule has 7 heteroatoms. The van der Waals surface area contributed by atoms with E-state index in [1.165, 1.54) is 11.1 Å². The van der Waals surface area contributed by atoms with Crippen molar-refractivity contribution in [1.82, 2.24) is 15.0 Å². The van der Waals surface area contributed by atoms with Crippen molar-refractivity contribution in [2.45, 2.75) is 65.2 Å². The molecule has 184 valence electrons. The normalized spacial score (nSPS) is 21.3. The second kappa shape index (κ2) is 9.80. The molecule has 1 aliphatic carbocycles. The van der Waals surface area contributed by atoms with Crippen LogP contribution in [-0.4, -0.2) is 46.5 Å². The van der Waals surface area contributed by atoms with Gasteiger partial charge in [-0.25, -0.2) is 0 Å². The Balaban J connectivity index is 1.18. The van der Waals surface area contributed by atoms with Crippen molar-refractivity contribution >= 4 is 23.1 Å². The third kappa shape index (κ3) is 4.81. The monoisotopic (exact) mass is 474 g/mol. The average molecular weight is 475 g/mol. The van der Waals surface area contributed by atoms with Crippen LogP contribution >= 0.6 is 0 Å². The van der Waals surface area contributed by atoms with Gasteiger partial charge in [0.2, 0.25) is 17.7 Å². The first-order chi connectivity index (χ1) is 16.9. The number of hydrogen-bond acceptors (Lipinski definition) is 5. The van der Waals surface area contributed by atoms with Crippen LogP contribution in [0, 0.1) is 19.8 Å². The zero-order valence-electron chi connectivity index (χ0n) is 20.9. The van der Waals surface area contributed by atoms with Gasteiger partial charge in [0.15, 0.2) is 5.82 Å². The number of allylic oxidation sites excluding steroid dienone is 4. The number of amides is 2. The van der Waals surface area contributed by atoms with E-state index in [9.17, 15) is 9.59 Å². The lowest BCUT2D eigenvalue weighted by Crippen LogP contribution is -2.42. The van der Waals surface area contributed by atoms with Crippen LogP contribution in [0.4, 0.5) is 5.69 Å². The van der Waals surface area contributed by atoms with Gasteiger partial charge in [-0.3, -0.25) is 9.59 Å². The molecular weight excluding hydrogens is 440 g/mol. The highest BCUT2D eigenvalue weighted by molar-refractivity contribution is 6.00. The summed E-state index contributed by atoms with van der Waals surface area (Å²) in [6.45, 7) is 8.02. The smallest absolute Gasteiger partial charge is 0.230 e. The Bertz CT molecular complexity index is 1190. The zero-order chi connectivity index (χ0) is 24.5. The first-order valence-electron chi connectivity index (χ1n) is 12.8. The molecule has 2 aliphatic heterocycles. The van der Waals surface area contributed by atoms with E-state index in [1.54, 1.807) is 4.90 Å². The summed E-state index contributed by atoms with van der Waals surface area (Å²) in [5, 5.41) is 4.25. The van der Waals surface area contributed by atoms with Crippen molar-refractivity contribution in [3.05, 3.63) is 58.8 Å². The van der Waals surface area contributed by atoms with Crippen molar-refractivity contribution in [3.8, 4) is 0 Å². The number of carbonyl (C=O) groups excluding carboxylic acids is 2. The standard InChI is InChI=1S/C28H34N4O3/c1-4-20-6-5-7-22(15-20)26-29-27(35-30-26)21-10-12-31(13-11-21)28(34)23-16-25(33)32(17-23)24-9-8-18(2)19(3)14-24/h6,8-9,14-15,21,23H,4-5,7,10-13,16-17H2,1-3H3. The summed E-state index contributed by atoms with van der Waals surface area (Å²) in [5.74, 6) is 1.38. The maximum absolute atomic E-state index is 13.2. The topological polar surface area (TPSA) is 79.5 Å². The zero-order valence-corrected chi connectivity index (χ0v) is 20.9. The number of anilines is 1. The van der Waals surface area contributed by atoms with Gasteiger partial charge in [0.05, 0.1) is 5.92 Å². The minimum atomic E-state index is -0.283. The summed E-state index contributed by atoms with van der Waals surface area (Å²) in [6, 6.07) is 6.04. The minimum Gasteiger partial charge on any atom is -0.342 e. The summed E-state index contributed by atoms with van der Waals surface area (Å²) < 4.78 is 5.64. The van der Waals surface area contributed by atoms with Gasteiger partial charge < -0.3 is 14.3 Å². The maximum Gasteiger partial charge on any atom is 0.230 e. The number of likely N-dealkylation sites (tertiary alicyclic amines) is 1. The SMILES string of the molecule is CCC1=CCCC(c2noc(C3CCN(C(=O)C4CC(=O)N(c5ccc(C)c(C)c5)C4)CC3)n2)=C1. The molecular formula is C28H34N4O3. The number of piperidine rings is 1. The fraction of sp³-hybridized carbons (Fsp3) is 0.500. The lowest BCUT2D eigenvalue weighted by atomic mass is 9.95. The van der Waals surface area contributed by atoms with Gasteiger partial charge in [0.1, 0.15) is 0 Å². The number of aromatic nitrogens is 2. The number of aryl methyl sites for hydroxylation is 2. The third-order valence-electron chi connectivity index (χ3n) is 7.75. The number of carbonyl (C=O) groups is 2. The number of hydrogen-bond donors (Lipinski definition) is 0. The molecule has 0 radical (unpaired) electrons. The van der Waals surface area contributed by atoms with E-state index in [1.807, 2.05) is 30.0 Å². The van der Waals surface area contributed by atoms with Gasteiger partial charge in [-0.05, 0) is 69.2 Å². The van der Waals surface area contributed by atoms with Crippen molar-refractivity contribution in [2.75, 3.05) is 24.5 Å². The van der Waals surface area contributed by atoms with Crippen LogP contribution < -0.4 is 4.90 Å². The quantitative estimate of drug-likeness (QED) is 0.612. The van der Waals surface area contributed by atoms with Gasteiger partial charge >= 0.3 is 0 Å². The summed E-state index contributed by atoms with van der Waals surface area (Å²) in [7, 11) is 0. The molecule has 0 N–H and O–H groups in total. The minimum absolute atomic E-state index is 0.0259. The highest BCUT2D eigenvalue weighted by Crippen LogP contribution is 2.33. The van der Waals surface area contributed by atoms with E-state index < -0.39 is 0 Å². The van der Waals surface area contributed by atoms with E-state index in [2.05, 4.69) is 31.2 Å². The van der Waals surface area contributed by atoms with Crippen molar-refractivity contribution in [2.24, 2.45) is 5.92 Å². The van der Waals surface area contributed by atoms with Crippen LogP contribution in [-0.2, 0) is 9.59 Å². The second-order valence-corrected chi connectivity index (χ2v) is 10.1. The van der Waals surface area contributed by atoms with Gasteiger partial charge in [-0.1, -0.05) is 35.9 Å². The van der Waals surface area contributed by atoms with Gasteiger partial charge in [-0.15, -0.1) is 0 Å². The molecule has 3 aliphatic rings. The van der Waals surface area contributed by atoms with Crippen LogP contribution in [0.2, 0.25) is 0 Å². The van der Waals surface area contributed by atoms with Gasteiger partial charge in [0.25, 0.3) is 0 Å². The predicted octanol–water partition coefficient (Wildman–Crippen LogP) is 4.96. The molecule has 2 aromatic rings. The first-order valence-corrected chi connectivity index (χ1v) is 12.8. The first kappa shape index (κ1) is 23.5. The van der Waals surface area contributed by atoms with Crippen LogP contribution in [0.1, 0.15) is 74.2 Å². The van der Waals surface area contributed by atoms with Crippen molar-refractivity contribution in [3.63, 3.8) is 0 Å². The van der Waals surface area contributed by atoms with Crippen LogP contribution in [0.5, 0.6) is 0 Å². The highest BCUT2D eigenvalue weighted by atomic mass is 16.5. The number of nitrogens with zero attached hydrogens (tertiary/aromatic N) is 4. The Morgan fingerprint density at radius 2 is 1.97 bits per heavy atom. The van der Waals surface area contributed by atoms with E-state index in [4.69, 9.17) is 9.51 Å². The molecule has 2 amide bonds. The molecule has 0 saturated carbocycles. The summed E-state index contributed by atoms with van der Waals surface area (Å²) >= 11 is 0. The molecule has 1 atom stereocenters. The average Bonchev–Trinajstić information content (AvgIpc) is 3.53. The van der Waals surface area contributed by atoms with E-state index in [-0.39, 0.29) is 30.1 Å². The summed E-state index contributed by atoms with van der Waals surface area (Å²) in [6.07, 6.45) is 9.30. The Morgan fingerprint density at radius 1 is 1.17 bits per heavy atom. The van der Waals surface area contributed by atoms with Crippen LogP contribution in [0.25, 0.3) is 5.57 Å². The lowest BCUT2D eigenvalue weighted by Gasteiger charge is -2.32. The second-order valence-electron chi connectivity index (χ2n) is 10.1. The number of rotatable bonds is 5. The van der Waals surface area contributed by atoms with Crippen molar-refractivity contribution in [1.29, 1.82) is 0 Å². The molecule has 5 rings (SSSR count). The van der Waals surface area contributed by atoms with Crippen LogP contribution in [0.3, 0.4) is 0 Å². The highest BCUT2D eigenvalue weighted by Gasteiger charge is 2.38. The molecule has 2 fully saturated rings. The maximum atomic E-state index is 13.2. The molecule has 0 spiro atoms. The molecule has 0 bridgehead atoms. The molecule has 1 unspecified atom stereocenters.